The van der Waals surface area contributed by atoms with Crippen LogP contribution in [-0.4, -0.2) is 35.6 Å². The zero-order valence-electron chi connectivity index (χ0n) is 9.70. The highest BCUT2D eigenvalue weighted by molar-refractivity contribution is 5.84. The first kappa shape index (κ1) is 13.2. The van der Waals surface area contributed by atoms with Gasteiger partial charge < -0.3 is 10.9 Å². The second kappa shape index (κ2) is 6.65. The summed E-state index contributed by atoms with van der Waals surface area (Å²) in [5, 5.41) is 11.5. The third kappa shape index (κ3) is 4.46. The van der Waals surface area contributed by atoms with E-state index in [0.717, 1.165) is 6.54 Å². The molecule has 0 aliphatic rings. The summed E-state index contributed by atoms with van der Waals surface area (Å²) in [6.07, 6.45) is 2.42. The quantitative estimate of drug-likeness (QED) is 0.296. The summed E-state index contributed by atoms with van der Waals surface area (Å²) >= 11 is 0. The van der Waals surface area contributed by atoms with Crippen molar-refractivity contribution in [3.8, 4) is 0 Å². The molecule has 0 aliphatic carbocycles. The molecule has 0 saturated heterocycles. The van der Waals surface area contributed by atoms with Gasteiger partial charge in [-0.25, -0.2) is 0 Å². The van der Waals surface area contributed by atoms with E-state index in [-0.39, 0.29) is 11.9 Å². The van der Waals surface area contributed by atoms with Crippen LogP contribution in [0.3, 0.4) is 0 Å². The Kier molecular flexibility index (Phi) is 6.28. The molecule has 0 bridgehead atoms. The minimum Gasteiger partial charge on any atom is -0.409 e. The average Bonchev–Trinajstić information content (AvgIpc) is 2.15. The lowest BCUT2D eigenvalue weighted by Crippen LogP contribution is -2.42. The van der Waals surface area contributed by atoms with Crippen LogP contribution in [0.5, 0.6) is 0 Å². The summed E-state index contributed by atoms with van der Waals surface area (Å²) in [4.78, 5) is 2.11. The zero-order valence-corrected chi connectivity index (χ0v) is 9.70. The summed E-state index contributed by atoms with van der Waals surface area (Å²) in [6.45, 7) is 7.32. The van der Waals surface area contributed by atoms with Gasteiger partial charge >= 0.3 is 0 Å². The van der Waals surface area contributed by atoms with Crippen molar-refractivity contribution in [3.05, 3.63) is 0 Å². The van der Waals surface area contributed by atoms with Crippen LogP contribution in [0.15, 0.2) is 5.16 Å². The average molecular weight is 201 g/mol. The molecule has 2 atom stereocenters. The number of hydrogen-bond acceptors (Lipinski definition) is 3. The van der Waals surface area contributed by atoms with Gasteiger partial charge in [-0.1, -0.05) is 25.4 Å². The van der Waals surface area contributed by atoms with Crippen LogP contribution in [0, 0.1) is 5.92 Å². The van der Waals surface area contributed by atoms with Crippen LogP contribution < -0.4 is 5.73 Å². The van der Waals surface area contributed by atoms with Gasteiger partial charge in [0.2, 0.25) is 0 Å². The number of hydrogen-bond donors (Lipinski definition) is 2. The Morgan fingerprint density at radius 3 is 2.50 bits per heavy atom. The maximum atomic E-state index is 8.53. The number of nitrogens with two attached hydrogens (primary N) is 1. The van der Waals surface area contributed by atoms with Crippen LogP contribution in [0.25, 0.3) is 0 Å². The molecule has 0 fully saturated rings. The molecule has 0 saturated carbocycles. The van der Waals surface area contributed by atoms with Crippen LogP contribution in [0.2, 0.25) is 0 Å². The van der Waals surface area contributed by atoms with E-state index in [1.165, 1.54) is 12.8 Å². The van der Waals surface area contributed by atoms with Crippen LogP contribution >= 0.6 is 0 Å². The second-order valence-electron chi connectivity index (χ2n) is 4.03. The largest absolute Gasteiger partial charge is 0.409 e. The number of oxime groups is 1. The van der Waals surface area contributed by atoms with Gasteiger partial charge in [-0.05, 0) is 26.3 Å². The Morgan fingerprint density at radius 1 is 1.50 bits per heavy atom. The van der Waals surface area contributed by atoms with E-state index < -0.39 is 0 Å². The van der Waals surface area contributed by atoms with Gasteiger partial charge in [-0.3, -0.25) is 4.90 Å². The first-order valence-electron chi connectivity index (χ1n) is 5.20. The minimum absolute atomic E-state index is 0.000642. The van der Waals surface area contributed by atoms with Crippen molar-refractivity contribution in [2.75, 3.05) is 13.6 Å². The Bertz CT molecular complexity index is 182. The molecule has 0 spiro atoms. The fourth-order valence-corrected chi connectivity index (χ4v) is 1.54. The molecule has 0 radical (unpaired) electrons. The summed E-state index contributed by atoms with van der Waals surface area (Å²) in [7, 11) is 1.99. The molecule has 0 amide bonds. The lowest BCUT2D eigenvalue weighted by Gasteiger charge is -2.26. The molecule has 14 heavy (non-hydrogen) atoms. The van der Waals surface area contributed by atoms with Crippen LogP contribution in [0.4, 0.5) is 0 Å². The predicted molar refractivity (Wildman–Crippen MR) is 59.6 cm³/mol. The van der Waals surface area contributed by atoms with Gasteiger partial charge in [0.05, 0.1) is 6.04 Å². The highest BCUT2D eigenvalue weighted by atomic mass is 16.4. The molecule has 84 valence electrons. The first-order chi connectivity index (χ1) is 6.52. The standard InChI is InChI=1S/C10H23N3O/c1-5-6-8(2)7-13(4)9(3)10(11)12-14/h8-9,14H,5-7H2,1-4H3,(H2,11,12). The fourth-order valence-electron chi connectivity index (χ4n) is 1.54. The Balaban J connectivity index is 4.00. The SMILES string of the molecule is CCCC(C)CN(C)C(C)C(N)=NO. The molecule has 0 heterocycles. The third-order valence-corrected chi connectivity index (χ3v) is 2.59. The molecule has 0 aromatic heterocycles. The highest BCUT2D eigenvalue weighted by Gasteiger charge is 2.15. The van der Waals surface area contributed by atoms with E-state index in [2.05, 4.69) is 23.9 Å². The highest BCUT2D eigenvalue weighted by Crippen LogP contribution is 2.08. The van der Waals surface area contributed by atoms with Crippen molar-refractivity contribution in [3.63, 3.8) is 0 Å². The van der Waals surface area contributed by atoms with Crippen molar-refractivity contribution in [2.45, 2.75) is 39.7 Å². The Morgan fingerprint density at radius 2 is 2.07 bits per heavy atom. The molecule has 0 rings (SSSR count). The van der Waals surface area contributed by atoms with E-state index in [0.29, 0.717) is 5.92 Å². The van der Waals surface area contributed by atoms with Crippen molar-refractivity contribution in [1.29, 1.82) is 0 Å². The van der Waals surface area contributed by atoms with Crippen molar-refractivity contribution in [2.24, 2.45) is 16.8 Å². The molecule has 3 N–H and O–H groups in total. The van der Waals surface area contributed by atoms with Crippen molar-refractivity contribution < 1.29 is 5.21 Å². The van der Waals surface area contributed by atoms with E-state index >= 15 is 0 Å². The smallest absolute Gasteiger partial charge is 0.156 e. The lowest BCUT2D eigenvalue weighted by atomic mass is 10.1. The van der Waals surface area contributed by atoms with Crippen LogP contribution in [0.1, 0.15) is 33.6 Å². The van der Waals surface area contributed by atoms with Crippen molar-refractivity contribution in [1.82, 2.24) is 4.90 Å². The molecule has 4 nitrogen and oxygen atoms in total. The van der Waals surface area contributed by atoms with E-state index in [9.17, 15) is 0 Å². The number of likely N-dealkylation sites (N-methyl/N-ethyl adjacent to an activating group) is 1. The maximum absolute atomic E-state index is 8.53. The predicted octanol–water partition coefficient (Wildman–Crippen LogP) is 1.49. The first-order valence-corrected chi connectivity index (χ1v) is 5.20. The summed E-state index contributed by atoms with van der Waals surface area (Å²) < 4.78 is 0. The monoisotopic (exact) mass is 201 g/mol. The van der Waals surface area contributed by atoms with Crippen molar-refractivity contribution >= 4 is 5.84 Å². The summed E-state index contributed by atoms with van der Waals surface area (Å²) in [6, 6.07) is -0.000642. The van der Waals surface area contributed by atoms with Gasteiger partial charge in [0.15, 0.2) is 5.84 Å². The van der Waals surface area contributed by atoms with Gasteiger partial charge in [0.1, 0.15) is 0 Å². The van der Waals surface area contributed by atoms with Crippen LogP contribution in [-0.2, 0) is 0 Å². The number of nitrogens with zero attached hydrogens (tertiary/aromatic N) is 2. The molecule has 0 aromatic carbocycles. The van der Waals surface area contributed by atoms with Gasteiger partial charge in [-0.2, -0.15) is 0 Å². The Hall–Kier alpha value is -0.770. The van der Waals surface area contributed by atoms with E-state index in [4.69, 9.17) is 10.9 Å². The number of rotatable bonds is 6. The second-order valence-corrected chi connectivity index (χ2v) is 4.03. The van der Waals surface area contributed by atoms with E-state index in [1.54, 1.807) is 0 Å². The van der Waals surface area contributed by atoms with E-state index in [1.807, 2.05) is 14.0 Å². The molecular formula is C10H23N3O. The summed E-state index contributed by atoms with van der Waals surface area (Å²) in [5.41, 5.74) is 5.53. The van der Waals surface area contributed by atoms with Gasteiger partial charge in [0, 0.05) is 6.54 Å². The zero-order chi connectivity index (χ0) is 11.1. The molecule has 0 aromatic rings. The summed E-state index contributed by atoms with van der Waals surface area (Å²) in [5.74, 6) is 0.926. The Labute approximate surface area is 86.8 Å². The third-order valence-electron chi connectivity index (χ3n) is 2.59. The minimum atomic E-state index is -0.000642. The molecule has 2 unspecified atom stereocenters. The van der Waals surface area contributed by atoms with Gasteiger partial charge in [0.25, 0.3) is 0 Å². The fraction of sp³-hybridized carbons (Fsp3) is 0.900. The molecule has 0 aliphatic heterocycles. The topological polar surface area (TPSA) is 61.8 Å². The van der Waals surface area contributed by atoms with Gasteiger partial charge in [-0.15, -0.1) is 0 Å². The molecule has 4 heteroatoms. The number of amidine groups is 1. The maximum Gasteiger partial charge on any atom is 0.156 e. The molecular weight excluding hydrogens is 178 g/mol. The normalized spacial score (nSPS) is 17.1. The lowest BCUT2D eigenvalue weighted by molar-refractivity contribution is 0.249.